The van der Waals surface area contributed by atoms with Crippen molar-refractivity contribution in [3.05, 3.63) is 59.9 Å². The number of nitrogens with one attached hydrogen (secondary N) is 1. The number of aryl methyl sites for hydroxylation is 1. The number of aromatic nitrogens is 2. The zero-order valence-electron chi connectivity index (χ0n) is 14.2. The quantitative estimate of drug-likeness (QED) is 0.801. The van der Waals surface area contributed by atoms with Gasteiger partial charge in [-0.25, -0.2) is 4.98 Å². The Balaban J connectivity index is 1.32. The van der Waals surface area contributed by atoms with Gasteiger partial charge in [-0.05, 0) is 43.2 Å². The monoisotopic (exact) mass is 320 g/mol. The van der Waals surface area contributed by atoms with E-state index >= 15 is 0 Å². The lowest BCUT2D eigenvalue weighted by atomic mass is 10.1. The number of para-hydroxylation sites is 1. The SMILES string of the molecule is Cc1nc2ccc(CCN3CCN(c4ccccc4)CC3)cc2[nH]1. The van der Waals surface area contributed by atoms with Crippen LogP contribution in [0.3, 0.4) is 0 Å². The average molecular weight is 320 g/mol. The molecule has 1 saturated heterocycles. The molecule has 0 atom stereocenters. The fourth-order valence-corrected chi connectivity index (χ4v) is 3.50. The molecule has 4 rings (SSSR count). The van der Waals surface area contributed by atoms with Gasteiger partial charge in [-0.1, -0.05) is 24.3 Å². The van der Waals surface area contributed by atoms with Crippen molar-refractivity contribution in [1.29, 1.82) is 0 Å². The Bertz CT molecular complexity index is 801. The molecule has 0 spiro atoms. The fourth-order valence-electron chi connectivity index (χ4n) is 3.50. The maximum atomic E-state index is 4.47. The molecule has 4 heteroatoms. The maximum absolute atomic E-state index is 4.47. The molecular formula is C20H24N4. The van der Waals surface area contributed by atoms with Crippen LogP contribution in [0.25, 0.3) is 11.0 Å². The summed E-state index contributed by atoms with van der Waals surface area (Å²) in [4.78, 5) is 12.9. The number of nitrogens with zero attached hydrogens (tertiary/aromatic N) is 3. The molecule has 0 bridgehead atoms. The number of anilines is 1. The first-order chi connectivity index (χ1) is 11.8. The molecule has 1 aromatic heterocycles. The highest BCUT2D eigenvalue weighted by atomic mass is 15.3. The van der Waals surface area contributed by atoms with Crippen LogP contribution >= 0.6 is 0 Å². The highest BCUT2D eigenvalue weighted by molar-refractivity contribution is 5.75. The van der Waals surface area contributed by atoms with E-state index in [4.69, 9.17) is 0 Å². The van der Waals surface area contributed by atoms with Gasteiger partial charge >= 0.3 is 0 Å². The average Bonchev–Trinajstić information content (AvgIpc) is 3.00. The van der Waals surface area contributed by atoms with Gasteiger partial charge in [0.2, 0.25) is 0 Å². The second kappa shape index (κ2) is 6.65. The van der Waals surface area contributed by atoms with Crippen LogP contribution in [-0.2, 0) is 6.42 Å². The first kappa shape index (κ1) is 15.2. The lowest BCUT2D eigenvalue weighted by Gasteiger charge is -2.36. The third-order valence-corrected chi connectivity index (χ3v) is 4.88. The van der Waals surface area contributed by atoms with E-state index in [0.29, 0.717) is 0 Å². The summed E-state index contributed by atoms with van der Waals surface area (Å²) in [7, 11) is 0. The minimum atomic E-state index is 0.985. The maximum Gasteiger partial charge on any atom is 0.104 e. The number of benzene rings is 2. The van der Waals surface area contributed by atoms with E-state index in [2.05, 4.69) is 68.3 Å². The van der Waals surface area contributed by atoms with Crippen LogP contribution in [0.2, 0.25) is 0 Å². The number of piperazine rings is 1. The second-order valence-electron chi connectivity index (χ2n) is 6.59. The van der Waals surface area contributed by atoms with E-state index in [9.17, 15) is 0 Å². The van der Waals surface area contributed by atoms with Crippen molar-refractivity contribution in [3.63, 3.8) is 0 Å². The topological polar surface area (TPSA) is 35.2 Å². The van der Waals surface area contributed by atoms with Gasteiger partial charge in [0, 0.05) is 38.4 Å². The molecule has 3 aromatic rings. The molecule has 0 amide bonds. The molecule has 1 N–H and O–H groups in total. The van der Waals surface area contributed by atoms with Crippen molar-refractivity contribution < 1.29 is 0 Å². The molecule has 1 aliphatic heterocycles. The molecule has 0 aliphatic carbocycles. The summed E-state index contributed by atoms with van der Waals surface area (Å²) in [6.07, 6.45) is 1.10. The molecule has 24 heavy (non-hydrogen) atoms. The van der Waals surface area contributed by atoms with Crippen molar-refractivity contribution in [2.75, 3.05) is 37.6 Å². The molecule has 2 aromatic carbocycles. The fraction of sp³-hybridized carbons (Fsp3) is 0.350. The van der Waals surface area contributed by atoms with Crippen LogP contribution < -0.4 is 4.90 Å². The van der Waals surface area contributed by atoms with Crippen molar-refractivity contribution in [3.8, 4) is 0 Å². The number of imidazole rings is 1. The lowest BCUT2D eigenvalue weighted by molar-refractivity contribution is 0.261. The van der Waals surface area contributed by atoms with Crippen LogP contribution in [-0.4, -0.2) is 47.6 Å². The van der Waals surface area contributed by atoms with Crippen LogP contribution in [0.15, 0.2) is 48.5 Å². The Labute approximate surface area is 143 Å². The van der Waals surface area contributed by atoms with E-state index in [0.717, 1.165) is 56.0 Å². The largest absolute Gasteiger partial charge is 0.369 e. The standard InChI is InChI=1S/C20H24N4/c1-16-21-19-8-7-17(15-20(19)22-16)9-10-23-11-13-24(14-12-23)18-5-3-2-4-6-18/h2-8,15H,9-14H2,1H3,(H,21,22). The molecule has 2 heterocycles. The number of H-pyrrole nitrogens is 1. The third-order valence-electron chi connectivity index (χ3n) is 4.88. The molecule has 0 unspecified atom stereocenters. The first-order valence-corrected chi connectivity index (χ1v) is 8.75. The number of hydrogen-bond acceptors (Lipinski definition) is 3. The molecule has 1 aliphatic rings. The number of hydrogen-bond donors (Lipinski definition) is 1. The predicted molar refractivity (Wildman–Crippen MR) is 99.6 cm³/mol. The van der Waals surface area contributed by atoms with Gasteiger partial charge in [0.15, 0.2) is 0 Å². The molecular weight excluding hydrogens is 296 g/mol. The number of aromatic amines is 1. The van der Waals surface area contributed by atoms with Gasteiger partial charge in [-0.2, -0.15) is 0 Å². The van der Waals surface area contributed by atoms with E-state index in [1.165, 1.54) is 11.3 Å². The summed E-state index contributed by atoms with van der Waals surface area (Å²) in [5.41, 5.74) is 4.94. The van der Waals surface area contributed by atoms with Gasteiger partial charge in [0.1, 0.15) is 5.82 Å². The van der Waals surface area contributed by atoms with Crippen LogP contribution in [0.5, 0.6) is 0 Å². The summed E-state index contributed by atoms with van der Waals surface area (Å²) < 4.78 is 0. The van der Waals surface area contributed by atoms with Gasteiger partial charge < -0.3 is 9.88 Å². The third kappa shape index (κ3) is 3.29. The number of fused-ring (bicyclic) bond motifs is 1. The minimum absolute atomic E-state index is 0.985. The normalized spacial score (nSPS) is 16.0. The van der Waals surface area contributed by atoms with Crippen molar-refractivity contribution in [1.82, 2.24) is 14.9 Å². The summed E-state index contributed by atoms with van der Waals surface area (Å²) in [6.45, 7) is 7.64. The number of rotatable bonds is 4. The summed E-state index contributed by atoms with van der Waals surface area (Å²) in [5, 5.41) is 0. The summed E-state index contributed by atoms with van der Waals surface area (Å²) in [6, 6.07) is 17.3. The Morgan fingerprint density at radius 3 is 2.58 bits per heavy atom. The minimum Gasteiger partial charge on any atom is -0.369 e. The van der Waals surface area contributed by atoms with Crippen LogP contribution in [0.4, 0.5) is 5.69 Å². The Hall–Kier alpha value is -2.33. The van der Waals surface area contributed by atoms with Crippen molar-refractivity contribution in [2.24, 2.45) is 0 Å². The van der Waals surface area contributed by atoms with E-state index in [-0.39, 0.29) is 0 Å². The molecule has 124 valence electrons. The zero-order chi connectivity index (χ0) is 16.4. The summed E-state index contributed by atoms with van der Waals surface area (Å²) in [5.74, 6) is 0.985. The van der Waals surface area contributed by atoms with E-state index in [1.807, 2.05) is 6.92 Å². The second-order valence-corrected chi connectivity index (χ2v) is 6.59. The predicted octanol–water partition coefficient (Wildman–Crippen LogP) is 3.24. The molecule has 0 saturated carbocycles. The molecule has 4 nitrogen and oxygen atoms in total. The highest BCUT2D eigenvalue weighted by Gasteiger charge is 2.16. The summed E-state index contributed by atoms with van der Waals surface area (Å²) >= 11 is 0. The van der Waals surface area contributed by atoms with E-state index < -0.39 is 0 Å². The van der Waals surface area contributed by atoms with Crippen LogP contribution in [0, 0.1) is 6.92 Å². The van der Waals surface area contributed by atoms with E-state index in [1.54, 1.807) is 0 Å². The first-order valence-electron chi connectivity index (χ1n) is 8.75. The van der Waals surface area contributed by atoms with Crippen LogP contribution in [0.1, 0.15) is 11.4 Å². The Morgan fingerprint density at radius 2 is 1.79 bits per heavy atom. The smallest absolute Gasteiger partial charge is 0.104 e. The Kier molecular flexibility index (Phi) is 4.22. The Morgan fingerprint density at radius 1 is 1.00 bits per heavy atom. The van der Waals surface area contributed by atoms with Crippen molar-refractivity contribution >= 4 is 16.7 Å². The lowest BCUT2D eigenvalue weighted by Crippen LogP contribution is -2.46. The van der Waals surface area contributed by atoms with Gasteiger partial charge in [-0.15, -0.1) is 0 Å². The molecule has 1 fully saturated rings. The van der Waals surface area contributed by atoms with Gasteiger partial charge in [-0.3, -0.25) is 4.90 Å². The van der Waals surface area contributed by atoms with Gasteiger partial charge in [0.25, 0.3) is 0 Å². The zero-order valence-corrected chi connectivity index (χ0v) is 14.2. The van der Waals surface area contributed by atoms with Crippen molar-refractivity contribution in [2.45, 2.75) is 13.3 Å². The molecule has 0 radical (unpaired) electrons. The van der Waals surface area contributed by atoms with Gasteiger partial charge in [0.05, 0.1) is 11.0 Å². The highest BCUT2D eigenvalue weighted by Crippen LogP contribution is 2.17.